The highest BCUT2D eigenvalue weighted by atomic mass is 19.4. The van der Waals surface area contributed by atoms with Gasteiger partial charge in [0.05, 0.1) is 11.7 Å². The van der Waals surface area contributed by atoms with Crippen molar-refractivity contribution in [1.29, 1.82) is 0 Å². The summed E-state index contributed by atoms with van der Waals surface area (Å²) in [5.41, 5.74) is 0.0398. The first-order valence-electron chi connectivity index (χ1n) is 9.56. The van der Waals surface area contributed by atoms with Crippen LogP contribution in [0.25, 0.3) is 33.3 Å². The first-order chi connectivity index (χ1) is 15.0. The minimum Gasteiger partial charge on any atom is -0.356 e. The molecule has 4 rings (SSSR count). The number of carbonyl (C=O) groups is 1. The number of amides is 1. The number of aromatic nitrogens is 4. The number of fused-ring (bicyclic) bond motifs is 2. The first-order valence-corrected chi connectivity index (χ1v) is 9.56. The number of alkyl halides is 3. The lowest BCUT2D eigenvalue weighted by Gasteiger charge is -2.26. The van der Waals surface area contributed by atoms with E-state index in [1.807, 2.05) is 5.32 Å². The fraction of sp³-hybridized carbons (Fsp3) is 0.238. The summed E-state index contributed by atoms with van der Waals surface area (Å²) in [5, 5.41) is 5.84. The van der Waals surface area contributed by atoms with Gasteiger partial charge in [-0.05, 0) is 32.0 Å². The molecule has 3 heterocycles. The minimum atomic E-state index is -4.53. The third kappa shape index (κ3) is 4.32. The second-order valence-electron chi connectivity index (χ2n) is 7.71. The molecule has 1 aromatic carbocycles. The predicted molar refractivity (Wildman–Crippen MR) is 111 cm³/mol. The van der Waals surface area contributed by atoms with Crippen LogP contribution in [0.15, 0.2) is 42.7 Å². The van der Waals surface area contributed by atoms with Gasteiger partial charge in [-0.2, -0.15) is 13.2 Å². The number of pyridine rings is 1. The van der Waals surface area contributed by atoms with Gasteiger partial charge in [0.25, 0.3) is 0 Å². The summed E-state index contributed by atoms with van der Waals surface area (Å²) in [7, 11) is 0. The molecule has 0 aliphatic rings. The summed E-state index contributed by atoms with van der Waals surface area (Å²) in [6.45, 7) is 1.45. The lowest BCUT2D eigenvalue weighted by Crippen LogP contribution is -2.50. The van der Waals surface area contributed by atoms with Crippen LogP contribution in [0.5, 0.6) is 0 Å². The Morgan fingerprint density at radius 2 is 1.88 bits per heavy atom. The highest BCUT2D eigenvalue weighted by molar-refractivity contribution is 5.97. The third-order valence-corrected chi connectivity index (χ3v) is 4.79. The molecule has 0 spiro atoms. The molecular formula is C21H18F4N6O. The van der Waals surface area contributed by atoms with Gasteiger partial charge in [-0.3, -0.25) is 4.79 Å². The quantitative estimate of drug-likeness (QED) is 0.400. The Kier molecular flexibility index (Phi) is 5.19. The number of aromatic amines is 1. The molecule has 3 aromatic heterocycles. The minimum absolute atomic E-state index is 0.233. The van der Waals surface area contributed by atoms with Crippen LogP contribution in [0.2, 0.25) is 0 Å². The van der Waals surface area contributed by atoms with Crippen LogP contribution in [0.1, 0.15) is 13.8 Å². The molecule has 32 heavy (non-hydrogen) atoms. The first kappa shape index (κ1) is 21.5. The van der Waals surface area contributed by atoms with Crippen molar-refractivity contribution in [2.24, 2.45) is 0 Å². The zero-order chi connectivity index (χ0) is 23.1. The molecule has 7 nitrogen and oxygen atoms in total. The molecule has 0 bridgehead atoms. The smallest absolute Gasteiger partial charge is 0.356 e. The Bertz CT molecular complexity index is 1310. The van der Waals surface area contributed by atoms with E-state index in [1.54, 1.807) is 30.5 Å². The van der Waals surface area contributed by atoms with E-state index in [0.717, 1.165) is 6.20 Å². The van der Waals surface area contributed by atoms with Crippen molar-refractivity contribution in [3.05, 3.63) is 48.5 Å². The van der Waals surface area contributed by atoms with Crippen molar-refractivity contribution in [3.63, 3.8) is 0 Å². The Morgan fingerprint density at radius 3 is 2.62 bits per heavy atom. The van der Waals surface area contributed by atoms with Crippen LogP contribution in [0, 0.1) is 5.82 Å². The maximum absolute atomic E-state index is 13.8. The van der Waals surface area contributed by atoms with Crippen LogP contribution >= 0.6 is 0 Å². The van der Waals surface area contributed by atoms with Crippen molar-refractivity contribution in [2.45, 2.75) is 25.6 Å². The van der Waals surface area contributed by atoms with E-state index in [1.165, 1.54) is 19.9 Å². The van der Waals surface area contributed by atoms with Gasteiger partial charge in [-0.1, -0.05) is 12.1 Å². The number of hydrogen-bond acceptors (Lipinski definition) is 5. The molecule has 0 radical (unpaired) electrons. The van der Waals surface area contributed by atoms with Gasteiger partial charge in [0.2, 0.25) is 5.91 Å². The average Bonchev–Trinajstić information content (AvgIpc) is 3.14. The number of anilines is 1. The van der Waals surface area contributed by atoms with Crippen molar-refractivity contribution in [2.75, 3.05) is 11.9 Å². The van der Waals surface area contributed by atoms with E-state index in [-0.39, 0.29) is 11.6 Å². The number of carbonyl (C=O) groups excluding carboxylic acids is 1. The van der Waals surface area contributed by atoms with E-state index in [0.29, 0.717) is 27.5 Å². The molecule has 0 atom stereocenters. The van der Waals surface area contributed by atoms with Gasteiger partial charge < -0.3 is 15.6 Å². The molecule has 0 fully saturated rings. The van der Waals surface area contributed by atoms with Gasteiger partial charge in [-0.25, -0.2) is 19.3 Å². The van der Waals surface area contributed by atoms with Crippen molar-refractivity contribution in [1.82, 2.24) is 25.3 Å². The normalized spacial score (nSPS) is 12.3. The zero-order valence-corrected chi connectivity index (χ0v) is 17.0. The summed E-state index contributed by atoms with van der Waals surface area (Å²) in [6.07, 6.45) is -1.86. The van der Waals surface area contributed by atoms with Gasteiger partial charge >= 0.3 is 6.18 Å². The molecular weight excluding hydrogens is 428 g/mol. The van der Waals surface area contributed by atoms with Crippen LogP contribution in [-0.2, 0) is 4.79 Å². The topological polar surface area (TPSA) is 95.6 Å². The maximum atomic E-state index is 13.8. The highest BCUT2D eigenvalue weighted by Gasteiger charge is 2.33. The van der Waals surface area contributed by atoms with Gasteiger partial charge in [0.1, 0.15) is 29.4 Å². The molecule has 0 aliphatic heterocycles. The molecule has 3 N–H and O–H groups in total. The van der Waals surface area contributed by atoms with Crippen molar-refractivity contribution >= 4 is 33.7 Å². The molecule has 166 valence electrons. The van der Waals surface area contributed by atoms with E-state index >= 15 is 0 Å². The number of nitrogens with one attached hydrogen (secondary N) is 3. The van der Waals surface area contributed by atoms with E-state index < -0.39 is 30.0 Å². The van der Waals surface area contributed by atoms with Crippen molar-refractivity contribution in [3.8, 4) is 11.4 Å². The second-order valence-corrected chi connectivity index (χ2v) is 7.71. The van der Waals surface area contributed by atoms with Crippen LogP contribution in [0.3, 0.4) is 0 Å². The summed E-state index contributed by atoms with van der Waals surface area (Å²) in [5.74, 6) is -0.898. The Hall–Kier alpha value is -3.76. The second kappa shape index (κ2) is 7.74. The number of H-pyrrole nitrogens is 1. The van der Waals surface area contributed by atoms with E-state index in [4.69, 9.17) is 0 Å². The Morgan fingerprint density at radius 1 is 1.12 bits per heavy atom. The van der Waals surface area contributed by atoms with Gasteiger partial charge in [0, 0.05) is 22.5 Å². The number of hydrogen-bond donors (Lipinski definition) is 3. The standard InChI is InChI=1S/C21H18F4N6O/c1-20(2,19(32)28-10-21(23,24)25)31-18-12-5-3-4-6-15(12)29-17(30-18)14-9-27-16-13(14)7-11(22)8-26-16/h3-9H,10H2,1-2H3,(H,26,27)(H,28,32)(H,29,30,31). The van der Waals surface area contributed by atoms with Gasteiger partial charge in [-0.15, -0.1) is 0 Å². The molecule has 1 amide bonds. The van der Waals surface area contributed by atoms with E-state index in [9.17, 15) is 22.4 Å². The average molecular weight is 446 g/mol. The Labute approximate surface area is 179 Å². The third-order valence-electron chi connectivity index (χ3n) is 4.79. The number of benzene rings is 1. The largest absolute Gasteiger partial charge is 0.405 e. The van der Waals surface area contributed by atoms with Crippen LogP contribution in [-0.4, -0.2) is 44.1 Å². The highest BCUT2D eigenvalue weighted by Crippen LogP contribution is 2.30. The summed E-state index contributed by atoms with van der Waals surface area (Å²) >= 11 is 0. The number of halogens is 4. The molecule has 0 unspecified atom stereocenters. The number of para-hydroxylation sites is 1. The molecule has 11 heteroatoms. The van der Waals surface area contributed by atoms with Crippen molar-refractivity contribution < 1.29 is 22.4 Å². The fourth-order valence-corrected chi connectivity index (χ4v) is 3.21. The molecule has 0 aliphatic carbocycles. The maximum Gasteiger partial charge on any atom is 0.405 e. The number of rotatable bonds is 5. The van der Waals surface area contributed by atoms with Crippen LogP contribution < -0.4 is 10.6 Å². The lowest BCUT2D eigenvalue weighted by atomic mass is 10.0. The summed E-state index contributed by atoms with van der Waals surface area (Å²) in [6, 6.07) is 8.27. The fourth-order valence-electron chi connectivity index (χ4n) is 3.21. The number of nitrogens with zero attached hydrogens (tertiary/aromatic N) is 3. The van der Waals surface area contributed by atoms with Gasteiger partial charge in [0.15, 0.2) is 5.82 Å². The molecule has 0 saturated carbocycles. The summed E-state index contributed by atoms with van der Waals surface area (Å²) in [4.78, 5) is 28.4. The molecule has 0 saturated heterocycles. The predicted octanol–water partition coefficient (Wildman–Crippen LogP) is 4.18. The molecule has 4 aromatic rings. The Balaban J connectivity index is 1.76. The van der Waals surface area contributed by atoms with Crippen LogP contribution in [0.4, 0.5) is 23.4 Å². The monoisotopic (exact) mass is 446 g/mol. The lowest BCUT2D eigenvalue weighted by molar-refractivity contribution is -0.140. The SMILES string of the molecule is CC(C)(Nc1nc(-c2c[nH]c3ncc(F)cc23)nc2ccccc12)C(=O)NCC(F)(F)F. The summed E-state index contributed by atoms with van der Waals surface area (Å²) < 4.78 is 51.3. The zero-order valence-electron chi connectivity index (χ0n) is 17.0. The van der Waals surface area contributed by atoms with E-state index in [2.05, 4.69) is 25.3 Å².